The molecule has 0 radical (unpaired) electrons. The van der Waals surface area contributed by atoms with Gasteiger partial charge in [0, 0.05) is 52.4 Å². The van der Waals surface area contributed by atoms with Crippen molar-refractivity contribution in [3.63, 3.8) is 0 Å². The topological polar surface area (TPSA) is 80.6 Å². The summed E-state index contributed by atoms with van der Waals surface area (Å²) in [5, 5.41) is 12.9. The summed E-state index contributed by atoms with van der Waals surface area (Å²) in [7, 11) is 0. The fourth-order valence-electron chi connectivity index (χ4n) is 3.36. The quantitative estimate of drug-likeness (QED) is 0.249. The van der Waals surface area contributed by atoms with Crippen molar-refractivity contribution in [2.24, 2.45) is 4.99 Å². The number of halogens is 1. The van der Waals surface area contributed by atoms with E-state index in [1.165, 1.54) is 0 Å². The van der Waals surface area contributed by atoms with Gasteiger partial charge in [-0.05, 0) is 39.7 Å². The maximum Gasteiger partial charge on any atom is 0.409 e. The first-order valence-corrected chi connectivity index (χ1v) is 9.99. The number of hydrogen-bond donors (Lipinski definition) is 2. The summed E-state index contributed by atoms with van der Waals surface area (Å²) in [4.78, 5) is 23.0. The molecule has 8 nitrogen and oxygen atoms in total. The molecule has 2 saturated heterocycles. The maximum absolute atomic E-state index is 11.8. The number of guanidine groups is 1. The number of carbonyl (C=O) groups is 1. The number of aliphatic imine (C=N–C) groups is 1. The van der Waals surface area contributed by atoms with Crippen LogP contribution in [-0.4, -0.2) is 103 Å². The monoisotopic (exact) mass is 497 g/mol. The highest BCUT2D eigenvalue weighted by atomic mass is 127. The fraction of sp³-hybridized carbons (Fsp3) is 0.889. The van der Waals surface area contributed by atoms with Crippen LogP contribution in [0.1, 0.15) is 33.1 Å². The second kappa shape index (κ2) is 13.4. The molecule has 0 aliphatic carbocycles. The summed E-state index contributed by atoms with van der Waals surface area (Å²) < 4.78 is 5.07. The van der Waals surface area contributed by atoms with E-state index in [0.29, 0.717) is 19.7 Å². The number of aliphatic hydroxyl groups excluding tert-OH is 1. The van der Waals surface area contributed by atoms with Gasteiger partial charge in [0.1, 0.15) is 0 Å². The lowest BCUT2D eigenvalue weighted by Crippen LogP contribution is -2.54. The smallest absolute Gasteiger partial charge is 0.409 e. The van der Waals surface area contributed by atoms with Crippen molar-refractivity contribution in [2.45, 2.75) is 39.2 Å². The van der Waals surface area contributed by atoms with E-state index < -0.39 is 0 Å². The third kappa shape index (κ3) is 8.39. The number of amides is 1. The predicted molar refractivity (Wildman–Crippen MR) is 118 cm³/mol. The number of likely N-dealkylation sites (tertiary alicyclic amines) is 1. The zero-order chi connectivity index (χ0) is 18.8. The summed E-state index contributed by atoms with van der Waals surface area (Å²) >= 11 is 0. The maximum atomic E-state index is 11.8. The summed E-state index contributed by atoms with van der Waals surface area (Å²) in [5.41, 5.74) is 0. The Labute approximate surface area is 180 Å². The highest BCUT2D eigenvalue weighted by molar-refractivity contribution is 14.0. The van der Waals surface area contributed by atoms with Crippen LogP contribution in [0.3, 0.4) is 0 Å². The highest BCUT2D eigenvalue weighted by Gasteiger charge is 2.23. The highest BCUT2D eigenvalue weighted by Crippen LogP contribution is 2.10. The molecule has 0 unspecified atom stereocenters. The zero-order valence-electron chi connectivity index (χ0n) is 16.7. The van der Waals surface area contributed by atoms with Gasteiger partial charge in [0.2, 0.25) is 0 Å². The number of hydrogen-bond acceptors (Lipinski definition) is 5. The van der Waals surface area contributed by atoms with Crippen LogP contribution < -0.4 is 5.32 Å². The number of ether oxygens (including phenoxy) is 1. The number of piperazine rings is 1. The summed E-state index contributed by atoms with van der Waals surface area (Å²) in [5.74, 6) is 0.935. The molecule has 2 heterocycles. The molecular weight excluding hydrogens is 461 g/mol. The number of nitrogens with zero attached hydrogens (tertiary/aromatic N) is 4. The van der Waals surface area contributed by atoms with Gasteiger partial charge in [-0.25, -0.2) is 4.79 Å². The molecule has 0 bridgehead atoms. The average molecular weight is 497 g/mol. The zero-order valence-corrected chi connectivity index (χ0v) is 19.1. The van der Waals surface area contributed by atoms with Crippen molar-refractivity contribution in [1.29, 1.82) is 0 Å². The molecule has 0 aromatic heterocycles. The number of aliphatic hydroxyl groups is 1. The molecule has 0 spiro atoms. The van der Waals surface area contributed by atoms with Crippen LogP contribution in [0.15, 0.2) is 4.99 Å². The van der Waals surface area contributed by atoms with Gasteiger partial charge in [0.15, 0.2) is 5.96 Å². The Morgan fingerprint density at radius 2 is 1.74 bits per heavy atom. The van der Waals surface area contributed by atoms with Crippen molar-refractivity contribution >= 4 is 36.0 Å². The first-order chi connectivity index (χ1) is 12.6. The molecule has 158 valence electrons. The molecule has 2 N–H and O–H groups in total. The largest absolute Gasteiger partial charge is 0.450 e. The molecule has 27 heavy (non-hydrogen) atoms. The Kier molecular flexibility index (Phi) is 12.0. The first kappa shape index (κ1) is 24.2. The van der Waals surface area contributed by atoms with Gasteiger partial charge in [-0.2, -0.15) is 0 Å². The number of piperidine rings is 1. The van der Waals surface area contributed by atoms with E-state index >= 15 is 0 Å². The van der Waals surface area contributed by atoms with Crippen LogP contribution in [0.2, 0.25) is 0 Å². The van der Waals surface area contributed by atoms with Crippen LogP contribution in [0.5, 0.6) is 0 Å². The molecule has 0 aromatic carbocycles. The molecule has 2 fully saturated rings. The number of carbonyl (C=O) groups excluding carboxylic acids is 1. The number of rotatable bonds is 6. The molecule has 9 heteroatoms. The van der Waals surface area contributed by atoms with Crippen molar-refractivity contribution < 1.29 is 14.6 Å². The molecule has 2 aliphatic rings. The van der Waals surface area contributed by atoms with E-state index in [1.54, 1.807) is 4.90 Å². The third-order valence-corrected chi connectivity index (χ3v) is 4.89. The van der Waals surface area contributed by atoms with Gasteiger partial charge < -0.3 is 29.9 Å². The lowest BCUT2D eigenvalue weighted by molar-refractivity contribution is 0.0823. The Hall–Kier alpha value is -0.810. The minimum absolute atomic E-state index is 0. The lowest BCUT2D eigenvalue weighted by Gasteiger charge is -2.36. The van der Waals surface area contributed by atoms with Gasteiger partial charge in [-0.1, -0.05) is 0 Å². The van der Waals surface area contributed by atoms with E-state index in [0.717, 1.165) is 71.0 Å². The van der Waals surface area contributed by atoms with Crippen molar-refractivity contribution in [2.75, 3.05) is 65.5 Å². The van der Waals surface area contributed by atoms with Gasteiger partial charge >= 0.3 is 6.09 Å². The minimum Gasteiger partial charge on any atom is -0.450 e. The fourth-order valence-corrected chi connectivity index (χ4v) is 3.36. The predicted octanol–water partition coefficient (Wildman–Crippen LogP) is 1.19. The Morgan fingerprint density at radius 1 is 1.11 bits per heavy atom. The Bertz CT molecular complexity index is 450. The van der Waals surface area contributed by atoms with Crippen LogP contribution in [0.4, 0.5) is 4.79 Å². The van der Waals surface area contributed by atoms with Gasteiger partial charge in [0.25, 0.3) is 0 Å². The van der Waals surface area contributed by atoms with Gasteiger partial charge in [-0.3, -0.25) is 4.99 Å². The average Bonchev–Trinajstić information content (AvgIpc) is 2.66. The van der Waals surface area contributed by atoms with E-state index in [9.17, 15) is 9.90 Å². The molecule has 0 aromatic rings. The van der Waals surface area contributed by atoms with Crippen LogP contribution >= 0.6 is 24.0 Å². The summed E-state index contributed by atoms with van der Waals surface area (Å²) in [6.07, 6.45) is 2.46. The molecule has 0 saturated carbocycles. The van der Waals surface area contributed by atoms with E-state index in [1.807, 2.05) is 6.92 Å². The third-order valence-electron chi connectivity index (χ3n) is 4.89. The number of nitrogens with one attached hydrogen (secondary N) is 1. The van der Waals surface area contributed by atoms with E-state index in [4.69, 9.17) is 9.73 Å². The van der Waals surface area contributed by atoms with Gasteiger partial charge in [0.05, 0.1) is 12.7 Å². The standard InChI is InChI=1S/C18H35N5O3.HI/c1-3-19-17(20-8-5-9-21-10-6-16(24)7-11-21)22-12-14-23(15-13-22)18(25)26-4-2;/h16,24H,3-15H2,1-2H3,(H,19,20);1H. The normalized spacial score (nSPS) is 19.6. The van der Waals surface area contributed by atoms with Gasteiger partial charge in [-0.15, -0.1) is 24.0 Å². The van der Waals surface area contributed by atoms with Crippen molar-refractivity contribution in [3.8, 4) is 0 Å². The Morgan fingerprint density at radius 3 is 2.33 bits per heavy atom. The Balaban J connectivity index is 0.00000364. The summed E-state index contributed by atoms with van der Waals surface area (Å²) in [6.45, 7) is 11.8. The molecule has 1 amide bonds. The molecule has 2 aliphatic heterocycles. The van der Waals surface area contributed by atoms with Crippen LogP contribution in [-0.2, 0) is 4.74 Å². The second-order valence-corrected chi connectivity index (χ2v) is 6.84. The van der Waals surface area contributed by atoms with Crippen molar-refractivity contribution in [1.82, 2.24) is 20.0 Å². The minimum atomic E-state index is -0.222. The summed E-state index contributed by atoms with van der Waals surface area (Å²) in [6, 6.07) is 0. The van der Waals surface area contributed by atoms with E-state index in [-0.39, 0.29) is 36.2 Å². The molecule has 0 atom stereocenters. The van der Waals surface area contributed by atoms with Crippen molar-refractivity contribution in [3.05, 3.63) is 0 Å². The van der Waals surface area contributed by atoms with E-state index in [2.05, 4.69) is 22.0 Å². The lowest BCUT2D eigenvalue weighted by atomic mass is 10.1. The SMILES string of the molecule is CCNC(=NCCCN1CCC(O)CC1)N1CCN(C(=O)OCC)CC1.I. The van der Waals surface area contributed by atoms with Crippen LogP contribution in [0, 0.1) is 0 Å². The first-order valence-electron chi connectivity index (χ1n) is 9.99. The van der Waals surface area contributed by atoms with Crippen LogP contribution in [0.25, 0.3) is 0 Å². The second-order valence-electron chi connectivity index (χ2n) is 6.84. The molecule has 2 rings (SSSR count). The molecular formula is C18H36IN5O3.